The fraction of sp³-hybridized carbons (Fsp3) is 0.619. The summed E-state index contributed by atoms with van der Waals surface area (Å²) in [7, 11) is -2.21. The number of sulfonamides is 1. The lowest BCUT2D eigenvalue weighted by Crippen LogP contribution is -2.49. The molecule has 1 amide bonds. The van der Waals surface area contributed by atoms with Gasteiger partial charge >= 0.3 is 5.76 Å². The Labute approximate surface area is 176 Å². The van der Waals surface area contributed by atoms with Crippen molar-refractivity contribution in [1.29, 1.82) is 0 Å². The number of piperidine rings is 1. The highest BCUT2D eigenvalue weighted by Crippen LogP contribution is 2.28. The summed E-state index contributed by atoms with van der Waals surface area (Å²) >= 11 is 0. The first kappa shape index (κ1) is 21.1. The number of aryl methyl sites for hydroxylation is 1. The topological polar surface area (TPSA) is 102 Å². The van der Waals surface area contributed by atoms with Crippen LogP contribution < -0.4 is 11.1 Å². The van der Waals surface area contributed by atoms with Gasteiger partial charge in [0.1, 0.15) is 0 Å². The van der Waals surface area contributed by atoms with Gasteiger partial charge in [-0.15, -0.1) is 0 Å². The molecule has 164 valence electrons. The lowest BCUT2D eigenvalue weighted by molar-refractivity contribution is -0.127. The summed E-state index contributed by atoms with van der Waals surface area (Å²) in [5, 5.41) is 3.17. The minimum absolute atomic E-state index is 0.0434. The predicted molar refractivity (Wildman–Crippen MR) is 113 cm³/mol. The number of amides is 1. The number of carbonyl (C=O) groups is 1. The van der Waals surface area contributed by atoms with E-state index < -0.39 is 15.8 Å². The van der Waals surface area contributed by atoms with Crippen LogP contribution in [0.25, 0.3) is 11.1 Å². The van der Waals surface area contributed by atoms with Crippen LogP contribution in [-0.4, -0.2) is 42.3 Å². The highest BCUT2D eigenvalue weighted by molar-refractivity contribution is 7.89. The van der Waals surface area contributed by atoms with Crippen LogP contribution in [0, 0.1) is 11.8 Å². The summed E-state index contributed by atoms with van der Waals surface area (Å²) in [4.78, 5) is 24.6. The second-order valence-electron chi connectivity index (χ2n) is 8.64. The monoisotopic (exact) mass is 435 g/mol. The van der Waals surface area contributed by atoms with Gasteiger partial charge in [-0.25, -0.2) is 13.2 Å². The molecule has 3 atom stereocenters. The predicted octanol–water partition coefficient (Wildman–Crippen LogP) is 2.23. The molecule has 2 aromatic rings. The molecule has 0 bridgehead atoms. The van der Waals surface area contributed by atoms with Crippen LogP contribution in [0.15, 0.2) is 32.3 Å². The van der Waals surface area contributed by atoms with Crippen molar-refractivity contribution in [3.63, 3.8) is 0 Å². The minimum atomic E-state index is -3.79. The Hall–Kier alpha value is -2.13. The largest absolute Gasteiger partial charge is 0.419 e. The highest BCUT2D eigenvalue weighted by atomic mass is 32.2. The molecule has 1 aromatic carbocycles. The van der Waals surface area contributed by atoms with E-state index in [1.165, 1.54) is 27.4 Å². The molecule has 30 heavy (non-hydrogen) atoms. The van der Waals surface area contributed by atoms with Gasteiger partial charge in [-0.1, -0.05) is 19.8 Å². The number of benzene rings is 1. The van der Waals surface area contributed by atoms with Gasteiger partial charge in [0.15, 0.2) is 5.58 Å². The smallest absolute Gasteiger partial charge is 0.408 e. The summed E-state index contributed by atoms with van der Waals surface area (Å²) in [6.45, 7) is 2.72. The SMILES string of the molecule is C[C@@H]1CCCC[C@@H]1NC(=O)[C@@H]1CCCN(S(=O)(=O)c2ccc3c(c2)oc(=O)n3C)C1. The van der Waals surface area contributed by atoms with Crippen LogP contribution in [0.5, 0.6) is 0 Å². The van der Waals surface area contributed by atoms with Gasteiger partial charge in [-0.2, -0.15) is 4.31 Å². The molecule has 0 unspecified atom stereocenters. The van der Waals surface area contributed by atoms with E-state index in [0.717, 1.165) is 19.3 Å². The molecule has 1 N–H and O–H groups in total. The first-order valence-corrected chi connectivity index (χ1v) is 12.1. The molecule has 2 fully saturated rings. The Morgan fingerprint density at radius 3 is 2.70 bits per heavy atom. The third kappa shape index (κ3) is 3.92. The summed E-state index contributed by atoms with van der Waals surface area (Å²) in [5.41, 5.74) is 0.776. The third-order valence-electron chi connectivity index (χ3n) is 6.60. The maximum atomic E-state index is 13.2. The molecule has 8 nitrogen and oxygen atoms in total. The molecule has 2 aliphatic rings. The maximum Gasteiger partial charge on any atom is 0.419 e. The second kappa shape index (κ2) is 8.19. The first-order valence-electron chi connectivity index (χ1n) is 10.7. The zero-order valence-electron chi connectivity index (χ0n) is 17.5. The van der Waals surface area contributed by atoms with E-state index in [1.54, 1.807) is 13.1 Å². The molecule has 1 aliphatic carbocycles. The van der Waals surface area contributed by atoms with Gasteiger partial charge in [-0.3, -0.25) is 9.36 Å². The molecule has 0 spiro atoms. The Morgan fingerprint density at radius 1 is 1.17 bits per heavy atom. The Kier molecular flexibility index (Phi) is 5.76. The average molecular weight is 436 g/mol. The Balaban J connectivity index is 1.50. The lowest BCUT2D eigenvalue weighted by Gasteiger charge is -2.34. The number of hydrogen-bond donors (Lipinski definition) is 1. The molecule has 2 heterocycles. The molecule has 1 saturated heterocycles. The average Bonchev–Trinajstić information content (AvgIpc) is 3.03. The van der Waals surface area contributed by atoms with E-state index in [-0.39, 0.29) is 34.9 Å². The van der Waals surface area contributed by atoms with Crippen molar-refractivity contribution in [1.82, 2.24) is 14.2 Å². The number of nitrogens with one attached hydrogen (secondary N) is 1. The van der Waals surface area contributed by atoms with Crippen LogP contribution in [0.2, 0.25) is 0 Å². The van der Waals surface area contributed by atoms with Crippen LogP contribution in [-0.2, 0) is 21.9 Å². The normalized spacial score (nSPS) is 26.0. The van der Waals surface area contributed by atoms with Gasteiger partial charge in [0.05, 0.1) is 16.3 Å². The van der Waals surface area contributed by atoms with Crippen molar-refractivity contribution in [2.75, 3.05) is 13.1 Å². The number of hydrogen-bond acceptors (Lipinski definition) is 5. The molecule has 0 radical (unpaired) electrons. The second-order valence-corrected chi connectivity index (χ2v) is 10.6. The maximum absolute atomic E-state index is 13.2. The summed E-state index contributed by atoms with van der Waals surface area (Å²) in [5.74, 6) is -0.469. The third-order valence-corrected chi connectivity index (χ3v) is 8.46. The van der Waals surface area contributed by atoms with Crippen molar-refractivity contribution in [3.8, 4) is 0 Å². The van der Waals surface area contributed by atoms with E-state index in [0.29, 0.717) is 30.8 Å². The van der Waals surface area contributed by atoms with E-state index in [2.05, 4.69) is 12.2 Å². The number of nitrogens with zero attached hydrogens (tertiary/aromatic N) is 2. The van der Waals surface area contributed by atoms with Crippen molar-refractivity contribution in [3.05, 3.63) is 28.7 Å². The number of rotatable bonds is 4. The fourth-order valence-electron chi connectivity index (χ4n) is 4.63. The Morgan fingerprint density at radius 2 is 1.93 bits per heavy atom. The molecular formula is C21H29N3O5S. The van der Waals surface area contributed by atoms with E-state index >= 15 is 0 Å². The molecule has 9 heteroatoms. The van der Waals surface area contributed by atoms with Gasteiger partial charge in [0.2, 0.25) is 15.9 Å². The molecule has 1 saturated carbocycles. The zero-order chi connectivity index (χ0) is 21.5. The van der Waals surface area contributed by atoms with Crippen molar-refractivity contribution in [2.45, 2.75) is 56.4 Å². The van der Waals surface area contributed by atoms with Gasteiger partial charge in [-0.05, 0) is 43.7 Å². The van der Waals surface area contributed by atoms with Crippen LogP contribution in [0.3, 0.4) is 0 Å². The zero-order valence-corrected chi connectivity index (χ0v) is 18.3. The van der Waals surface area contributed by atoms with Crippen molar-refractivity contribution >= 4 is 27.0 Å². The summed E-state index contributed by atoms with van der Waals surface area (Å²) in [6.07, 6.45) is 5.76. The minimum Gasteiger partial charge on any atom is -0.408 e. The molecule has 4 rings (SSSR count). The van der Waals surface area contributed by atoms with Crippen LogP contribution in [0.1, 0.15) is 45.4 Å². The van der Waals surface area contributed by atoms with Gasteiger partial charge < -0.3 is 9.73 Å². The fourth-order valence-corrected chi connectivity index (χ4v) is 6.17. The number of oxazole rings is 1. The quantitative estimate of drug-likeness (QED) is 0.794. The standard InChI is InChI=1S/C21H29N3O5S/c1-14-6-3-4-8-17(14)22-20(25)15-7-5-11-24(13-15)30(27,28)16-9-10-18-19(12-16)29-21(26)23(18)2/h9-10,12,14-15,17H,3-8,11,13H2,1-2H3,(H,22,25)/t14-,15-,17+/m1/s1. The van der Waals surface area contributed by atoms with Crippen LogP contribution >= 0.6 is 0 Å². The number of aromatic nitrogens is 1. The summed E-state index contributed by atoms with van der Waals surface area (Å²) < 4.78 is 34.3. The lowest BCUT2D eigenvalue weighted by atomic mass is 9.85. The highest BCUT2D eigenvalue weighted by Gasteiger charge is 2.35. The molecule has 1 aliphatic heterocycles. The first-order chi connectivity index (χ1) is 14.3. The summed E-state index contributed by atoms with van der Waals surface area (Å²) in [6, 6.07) is 4.63. The van der Waals surface area contributed by atoms with Crippen LogP contribution in [0.4, 0.5) is 0 Å². The van der Waals surface area contributed by atoms with E-state index in [9.17, 15) is 18.0 Å². The van der Waals surface area contributed by atoms with Crippen molar-refractivity contribution < 1.29 is 17.6 Å². The molecular weight excluding hydrogens is 406 g/mol. The molecule has 1 aromatic heterocycles. The van der Waals surface area contributed by atoms with Gasteiger partial charge in [0.25, 0.3) is 0 Å². The van der Waals surface area contributed by atoms with E-state index in [1.807, 2.05) is 0 Å². The number of fused-ring (bicyclic) bond motifs is 1. The van der Waals surface area contributed by atoms with Crippen molar-refractivity contribution in [2.24, 2.45) is 18.9 Å². The number of carbonyl (C=O) groups excluding carboxylic acids is 1. The van der Waals surface area contributed by atoms with E-state index in [4.69, 9.17) is 4.42 Å². The van der Waals surface area contributed by atoms with Gasteiger partial charge in [0, 0.05) is 32.2 Å². The Bertz CT molecular complexity index is 1100.